The van der Waals surface area contributed by atoms with Crippen molar-refractivity contribution in [3.05, 3.63) is 40.5 Å². The standard InChI is InChI=1S/C18H18N4OS/c1-10-19-17(16-14-4-3-5-15(14)24-18(16)20-10)22-13-8-6-12(7-9-13)21-11(2)23/h6-9H,3-5H2,1-2H3,(H,21,23)(H,19,20,22). The minimum absolute atomic E-state index is 0.0716. The van der Waals surface area contributed by atoms with Gasteiger partial charge in [-0.2, -0.15) is 0 Å². The molecule has 122 valence electrons. The lowest BCUT2D eigenvalue weighted by Gasteiger charge is -2.10. The molecule has 0 radical (unpaired) electrons. The van der Waals surface area contributed by atoms with Gasteiger partial charge in [-0.25, -0.2) is 9.97 Å². The van der Waals surface area contributed by atoms with Gasteiger partial charge < -0.3 is 10.6 Å². The zero-order valence-corrected chi connectivity index (χ0v) is 14.5. The second-order valence-corrected chi connectivity index (χ2v) is 7.12. The molecule has 2 N–H and O–H groups in total. The number of rotatable bonds is 3. The maximum atomic E-state index is 11.1. The zero-order valence-electron chi connectivity index (χ0n) is 13.6. The average molecular weight is 338 g/mol. The molecule has 1 aliphatic rings. The van der Waals surface area contributed by atoms with Gasteiger partial charge in [0.25, 0.3) is 0 Å². The van der Waals surface area contributed by atoms with Crippen molar-refractivity contribution < 1.29 is 4.79 Å². The maximum Gasteiger partial charge on any atom is 0.221 e. The number of aryl methyl sites for hydroxylation is 3. The van der Waals surface area contributed by atoms with Gasteiger partial charge >= 0.3 is 0 Å². The first-order valence-electron chi connectivity index (χ1n) is 8.04. The van der Waals surface area contributed by atoms with E-state index in [4.69, 9.17) is 0 Å². The van der Waals surface area contributed by atoms with E-state index in [2.05, 4.69) is 20.6 Å². The summed E-state index contributed by atoms with van der Waals surface area (Å²) in [5.41, 5.74) is 3.14. The molecular weight excluding hydrogens is 320 g/mol. The molecule has 3 aromatic rings. The van der Waals surface area contributed by atoms with Crippen LogP contribution in [0.4, 0.5) is 17.2 Å². The summed E-state index contributed by atoms with van der Waals surface area (Å²) in [6.07, 6.45) is 3.48. The van der Waals surface area contributed by atoms with Gasteiger partial charge in [-0.1, -0.05) is 0 Å². The predicted molar refractivity (Wildman–Crippen MR) is 98.2 cm³/mol. The first-order chi connectivity index (χ1) is 11.6. The zero-order chi connectivity index (χ0) is 16.7. The van der Waals surface area contributed by atoms with Crippen molar-refractivity contribution in [2.75, 3.05) is 10.6 Å². The number of nitrogens with zero attached hydrogens (tertiary/aromatic N) is 2. The highest BCUT2D eigenvalue weighted by Crippen LogP contribution is 2.40. The summed E-state index contributed by atoms with van der Waals surface area (Å²) >= 11 is 1.80. The number of thiophene rings is 1. The summed E-state index contributed by atoms with van der Waals surface area (Å²) in [6.45, 7) is 3.43. The number of carbonyl (C=O) groups excluding carboxylic acids is 1. The SMILES string of the molecule is CC(=O)Nc1ccc(Nc2nc(C)nc3sc4c(c23)CCC4)cc1. The molecule has 1 aliphatic carbocycles. The number of nitrogens with one attached hydrogen (secondary N) is 2. The molecule has 0 atom stereocenters. The Morgan fingerprint density at radius 3 is 2.62 bits per heavy atom. The van der Waals surface area contributed by atoms with E-state index in [1.807, 2.05) is 31.2 Å². The van der Waals surface area contributed by atoms with Gasteiger partial charge in [0, 0.05) is 23.2 Å². The lowest BCUT2D eigenvalue weighted by molar-refractivity contribution is -0.114. The van der Waals surface area contributed by atoms with E-state index in [0.29, 0.717) is 0 Å². The third-order valence-electron chi connectivity index (χ3n) is 4.14. The van der Waals surface area contributed by atoms with Crippen molar-refractivity contribution in [2.45, 2.75) is 33.1 Å². The molecule has 4 rings (SSSR count). The van der Waals surface area contributed by atoms with E-state index < -0.39 is 0 Å². The largest absolute Gasteiger partial charge is 0.340 e. The maximum absolute atomic E-state index is 11.1. The van der Waals surface area contributed by atoms with Gasteiger partial charge in [-0.3, -0.25) is 4.79 Å². The molecule has 2 aromatic heterocycles. The van der Waals surface area contributed by atoms with E-state index in [1.54, 1.807) is 11.3 Å². The number of fused-ring (bicyclic) bond motifs is 3. The highest BCUT2D eigenvalue weighted by atomic mass is 32.1. The van der Waals surface area contributed by atoms with Gasteiger partial charge in [-0.05, 0) is 56.0 Å². The number of aromatic nitrogens is 2. The fourth-order valence-electron chi connectivity index (χ4n) is 3.17. The highest BCUT2D eigenvalue weighted by molar-refractivity contribution is 7.19. The van der Waals surface area contributed by atoms with Crippen molar-refractivity contribution in [3.8, 4) is 0 Å². The van der Waals surface area contributed by atoms with E-state index in [9.17, 15) is 4.79 Å². The van der Waals surface area contributed by atoms with Crippen molar-refractivity contribution in [1.82, 2.24) is 9.97 Å². The van der Waals surface area contributed by atoms with Crippen LogP contribution in [0.5, 0.6) is 0 Å². The van der Waals surface area contributed by atoms with Crippen LogP contribution in [-0.4, -0.2) is 15.9 Å². The lowest BCUT2D eigenvalue weighted by Crippen LogP contribution is -2.05. The van der Waals surface area contributed by atoms with Crippen molar-refractivity contribution in [3.63, 3.8) is 0 Å². The van der Waals surface area contributed by atoms with E-state index in [-0.39, 0.29) is 5.91 Å². The van der Waals surface area contributed by atoms with Crippen LogP contribution in [0.2, 0.25) is 0 Å². The van der Waals surface area contributed by atoms with Crippen LogP contribution < -0.4 is 10.6 Å². The van der Waals surface area contributed by atoms with Crippen LogP contribution in [-0.2, 0) is 17.6 Å². The third kappa shape index (κ3) is 2.73. The Morgan fingerprint density at radius 2 is 1.88 bits per heavy atom. The Morgan fingerprint density at radius 1 is 1.12 bits per heavy atom. The summed E-state index contributed by atoms with van der Waals surface area (Å²) in [7, 11) is 0. The molecule has 0 bridgehead atoms. The Bertz CT molecular complexity index is 930. The van der Waals surface area contributed by atoms with E-state index >= 15 is 0 Å². The smallest absolute Gasteiger partial charge is 0.221 e. The van der Waals surface area contributed by atoms with Crippen molar-refractivity contribution in [1.29, 1.82) is 0 Å². The molecule has 5 nitrogen and oxygen atoms in total. The number of amides is 1. The normalized spacial score (nSPS) is 13.1. The summed E-state index contributed by atoms with van der Waals surface area (Å²) < 4.78 is 0. The average Bonchev–Trinajstić information content (AvgIpc) is 3.08. The van der Waals surface area contributed by atoms with Gasteiger partial charge in [0.2, 0.25) is 5.91 Å². The van der Waals surface area contributed by atoms with Gasteiger partial charge in [0.05, 0.1) is 5.39 Å². The van der Waals surface area contributed by atoms with Crippen LogP contribution in [0.25, 0.3) is 10.2 Å². The summed E-state index contributed by atoms with van der Waals surface area (Å²) in [4.78, 5) is 22.9. The Labute approximate surface area is 144 Å². The Kier molecular flexibility index (Phi) is 3.69. The van der Waals surface area contributed by atoms with Crippen LogP contribution in [0.3, 0.4) is 0 Å². The summed E-state index contributed by atoms with van der Waals surface area (Å²) in [5, 5.41) is 7.37. The van der Waals surface area contributed by atoms with Crippen LogP contribution in [0, 0.1) is 6.92 Å². The fraction of sp³-hybridized carbons (Fsp3) is 0.278. The molecule has 0 aliphatic heterocycles. The van der Waals surface area contributed by atoms with Crippen molar-refractivity contribution >= 4 is 44.7 Å². The minimum Gasteiger partial charge on any atom is -0.340 e. The first kappa shape index (κ1) is 15.1. The quantitative estimate of drug-likeness (QED) is 0.751. The third-order valence-corrected chi connectivity index (χ3v) is 5.33. The molecule has 0 saturated heterocycles. The molecule has 0 saturated carbocycles. The first-order valence-corrected chi connectivity index (χ1v) is 8.85. The predicted octanol–water partition coefficient (Wildman–Crippen LogP) is 4.19. The Hall–Kier alpha value is -2.47. The second kappa shape index (κ2) is 5.87. The van der Waals surface area contributed by atoms with Gasteiger partial charge in [0.1, 0.15) is 16.5 Å². The lowest BCUT2D eigenvalue weighted by atomic mass is 10.2. The van der Waals surface area contributed by atoms with Crippen LogP contribution in [0.15, 0.2) is 24.3 Å². The van der Waals surface area contributed by atoms with E-state index in [1.165, 1.54) is 29.2 Å². The van der Waals surface area contributed by atoms with Crippen molar-refractivity contribution in [2.24, 2.45) is 0 Å². The monoisotopic (exact) mass is 338 g/mol. The molecule has 2 heterocycles. The van der Waals surface area contributed by atoms with Gasteiger partial charge in [-0.15, -0.1) is 11.3 Å². The van der Waals surface area contributed by atoms with Gasteiger partial charge in [0.15, 0.2) is 0 Å². The molecule has 24 heavy (non-hydrogen) atoms. The molecule has 0 fully saturated rings. The number of hydrogen-bond acceptors (Lipinski definition) is 5. The topological polar surface area (TPSA) is 66.9 Å². The van der Waals surface area contributed by atoms with Crippen LogP contribution in [0.1, 0.15) is 29.6 Å². The second-order valence-electron chi connectivity index (χ2n) is 6.04. The molecule has 1 amide bonds. The number of benzene rings is 1. The Balaban J connectivity index is 1.70. The highest BCUT2D eigenvalue weighted by Gasteiger charge is 2.21. The molecular formula is C18H18N4OS. The molecule has 0 unspecified atom stereocenters. The minimum atomic E-state index is -0.0716. The fourth-order valence-corrected chi connectivity index (χ4v) is 4.48. The summed E-state index contributed by atoms with van der Waals surface area (Å²) in [5.74, 6) is 1.58. The van der Waals surface area contributed by atoms with Crippen LogP contribution >= 0.6 is 11.3 Å². The van der Waals surface area contributed by atoms with E-state index in [0.717, 1.165) is 40.7 Å². The number of hydrogen-bond donors (Lipinski definition) is 2. The number of anilines is 3. The molecule has 6 heteroatoms. The summed E-state index contributed by atoms with van der Waals surface area (Å²) in [6, 6.07) is 7.66. The molecule has 0 spiro atoms. The number of carbonyl (C=O) groups is 1. The molecule has 1 aromatic carbocycles.